The molecule has 0 radical (unpaired) electrons. The van der Waals surface area contributed by atoms with E-state index in [1.54, 1.807) is 18.7 Å². The molecule has 0 spiro atoms. The highest BCUT2D eigenvalue weighted by molar-refractivity contribution is 7.99. The molecule has 0 aliphatic rings. The predicted molar refractivity (Wildman–Crippen MR) is 83.1 cm³/mol. The summed E-state index contributed by atoms with van der Waals surface area (Å²) in [7, 11) is -3.89. The number of thioether (sulfide) groups is 1. The molecule has 0 amide bonds. The molecule has 0 fully saturated rings. The van der Waals surface area contributed by atoms with Gasteiger partial charge in [0.15, 0.2) is 0 Å². The second kappa shape index (κ2) is 8.39. The minimum Gasteiger partial charge on any atom is -0.384 e. The molecule has 1 aromatic carbocycles. The van der Waals surface area contributed by atoms with Crippen molar-refractivity contribution in [3.05, 3.63) is 29.6 Å². The topological polar surface area (TPSA) is 66.4 Å². The normalized spacial score (nSPS) is 12.6. The standard InChI is InChI=1S/C14H18FNO3S2/c1-3-20-10-11(2)16-21(18,19)14-7-6-12(5-4-8-17)9-13(14)15/h6-7,9,11,16-17H,3,8,10H2,1-2H3. The van der Waals surface area contributed by atoms with Crippen LogP contribution in [-0.2, 0) is 10.0 Å². The van der Waals surface area contributed by atoms with Crippen LogP contribution in [0.25, 0.3) is 0 Å². The molecule has 1 aromatic rings. The lowest BCUT2D eigenvalue weighted by atomic mass is 10.2. The Morgan fingerprint density at radius 1 is 1.48 bits per heavy atom. The van der Waals surface area contributed by atoms with E-state index < -0.39 is 20.7 Å². The maximum absolute atomic E-state index is 13.9. The molecule has 0 saturated heterocycles. The van der Waals surface area contributed by atoms with E-state index in [2.05, 4.69) is 16.6 Å². The number of aliphatic hydroxyl groups excluding tert-OH is 1. The van der Waals surface area contributed by atoms with E-state index in [0.29, 0.717) is 11.3 Å². The third-order valence-corrected chi connectivity index (χ3v) is 5.23. The number of rotatable bonds is 6. The van der Waals surface area contributed by atoms with Crippen LogP contribution in [0.15, 0.2) is 23.1 Å². The summed E-state index contributed by atoms with van der Waals surface area (Å²) in [6.45, 7) is 3.38. The van der Waals surface area contributed by atoms with Gasteiger partial charge in [-0.25, -0.2) is 17.5 Å². The third kappa shape index (κ3) is 5.67. The lowest BCUT2D eigenvalue weighted by molar-refractivity contribution is 0.350. The number of sulfonamides is 1. The van der Waals surface area contributed by atoms with Crippen molar-refractivity contribution in [3.8, 4) is 11.8 Å². The molecule has 4 nitrogen and oxygen atoms in total. The van der Waals surface area contributed by atoms with Gasteiger partial charge < -0.3 is 5.11 Å². The van der Waals surface area contributed by atoms with Gasteiger partial charge in [-0.1, -0.05) is 18.8 Å². The highest BCUT2D eigenvalue weighted by Crippen LogP contribution is 2.16. The molecule has 0 heterocycles. The SMILES string of the molecule is CCSCC(C)NS(=O)(=O)c1ccc(C#CCO)cc1F. The maximum atomic E-state index is 13.9. The lowest BCUT2D eigenvalue weighted by Gasteiger charge is -2.14. The molecule has 0 aromatic heterocycles. The Morgan fingerprint density at radius 2 is 2.19 bits per heavy atom. The van der Waals surface area contributed by atoms with Gasteiger partial charge in [-0.3, -0.25) is 0 Å². The summed E-state index contributed by atoms with van der Waals surface area (Å²) in [5.41, 5.74) is 0.315. The van der Waals surface area contributed by atoms with E-state index >= 15 is 0 Å². The summed E-state index contributed by atoms with van der Waals surface area (Å²) < 4.78 is 40.6. The molecule has 2 N–H and O–H groups in total. The Bertz CT molecular complexity index is 635. The minimum atomic E-state index is -3.89. The number of benzene rings is 1. The smallest absolute Gasteiger partial charge is 0.243 e. The molecule has 1 rings (SSSR count). The third-order valence-electron chi connectivity index (χ3n) is 2.46. The van der Waals surface area contributed by atoms with E-state index in [1.165, 1.54) is 12.1 Å². The van der Waals surface area contributed by atoms with E-state index in [-0.39, 0.29) is 12.6 Å². The summed E-state index contributed by atoms with van der Waals surface area (Å²) in [4.78, 5) is -0.398. The minimum absolute atomic E-state index is 0.284. The zero-order chi connectivity index (χ0) is 15.9. The van der Waals surface area contributed by atoms with Gasteiger partial charge in [0.25, 0.3) is 0 Å². The molecule has 0 bridgehead atoms. The molecule has 0 aliphatic heterocycles. The van der Waals surface area contributed by atoms with Crippen LogP contribution in [0, 0.1) is 17.7 Å². The molecule has 7 heteroatoms. The van der Waals surface area contributed by atoms with E-state index in [9.17, 15) is 12.8 Å². The first-order chi connectivity index (χ1) is 9.90. The average Bonchev–Trinajstić information content (AvgIpc) is 2.42. The van der Waals surface area contributed by atoms with Gasteiger partial charge >= 0.3 is 0 Å². The van der Waals surface area contributed by atoms with Gasteiger partial charge in [0.1, 0.15) is 17.3 Å². The van der Waals surface area contributed by atoms with Crippen LogP contribution in [0.2, 0.25) is 0 Å². The quantitative estimate of drug-likeness (QED) is 0.777. The fourth-order valence-corrected chi connectivity index (χ4v) is 3.68. The average molecular weight is 331 g/mol. The van der Waals surface area contributed by atoms with Crippen molar-refractivity contribution >= 4 is 21.8 Å². The fraction of sp³-hybridized carbons (Fsp3) is 0.429. The van der Waals surface area contributed by atoms with Crippen LogP contribution in [0.3, 0.4) is 0 Å². The second-order valence-corrected chi connectivity index (χ2v) is 7.29. The van der Waals surface area contributed by atoms with E-state index in [4.69, 9.17) is 5.11 Å². The molecular weight excluding hydrogens is 313 g/mol. The molecule has 1 atom stereocenters. The van der Waals surface area contributed by atoms with Gasteiger partial charge in [0.2, 0.25) is 10.0 Å². The van der Waals surface area contributed by atoms with Crippen LogP contribution in [0.5, 0.6) is 0 Å². The largest absolute Gasteiger partial charge is 0.384 e. The van der Waals surface area contributed by atoms with Gasteiger partial charge in [-0.15, -0.1) is 0 Å². The predicted octanol–water partition coefficient (Wildman–Crippen LogP) is 1.59. The van der Waals surface area contributed by atoms with Gasteiger partial charge in [0, 0.05) is 17.4 Å². The Labute approximate surface area is 129 Å². The Balaban J connectivity index is 2.93. The zero-order valence-corrected chi connectivity index (χ0v) is 13.5. The summed E-state index contributed by atoms with van der Waals surface area (Å²) in [6, 6.07) is 3.35. The Morgan fingerprint density at radius 3 is 2.76 bits per heavy atom. The zero-order valence-electron chi connectivity index (χ0n) is 11.9. The van der Waals surface area contributed by atoms with Crippen molar-refractivity contribution in [1.29, 1.82) is 0 Å². The molecule has 21 heavy (non-hydrogen) atoms. The van der Waals surface area contributed by atoms with Crippen molar-refractivity contribution in [2.24, 2.45) is 0 Å². The summed E-state index contributed by atoms with van der Waals surface area (Å²) in [6.07, 6.45) is 0. The number of hydrogen-bond donors (Lipinski definition) is 2. The van der Waals surface area contributed by atoms with Crippen LogP contribution in [0.1, 0.15) is 19.4 Å². The fourth-order valence-electron chi connectivity index (χ4n) is 1.60. The molecular formula is C14H18FNO3S2. The van der Waals surface area contributed by atoms with Crippen LogP contribution >= 0.6 is 11.8 Å². The summed E-state index contributed by atoms with van der Waals surface area (Å²) in [5.74, 6) is 5.55. The van der Waals surface area contributed by atoms with E-state index in [1.807, 2.05) is 6.92 Å². The molecule has 1 unspecified atom stereocenters. The highest BCUT2D eigenvalue weighted by Gasteiger charge is 2.21. The van der Waals surface area contributed by atoms with Crippen LogP contribution in [-0.4, -0.2) is 37.7 Å². The number of hydrogen-bond acceptors (Lipinski definition) is 4. The summed E-state index contributed by atoms with van der Waals surface area (Å²) >= 11 is 1.61. The molecule has 0 saturated carbocycles. The molecule has 116 valence electrons. The van der Waals surface area contributed by atoms with Gasteiger partial charge in [-0.05, 0) is 30.9 Å². The summed E-state index contributed by atoms with van der Waals surface area (Å²) in [5, 5.41) is 8.58. The first-order valence-corrected chi connectivity index (χ1v) is 9.03. The van der Waals surface area contributed by atoms with Crippen molar-refractivity contribution in [1.82, 2.24) is 4.72 Å². The number of halogens is 1. The van der Waals surface area contributed by atoms with Crippen molar-refractivity contribution < 1.29 is 17.9 Å². The first-order valence-electron chi connectivity index (χ1n) is 6.40. The molecule has 0 aliphatic carbocycles. The first kappa shape index (κ1) is 18.0. The van der Waals surface area contributed by atoms with Crippen LogP contribution in [0.4, 0.5) is 4.39 Å². The van der Waals surface area contributed by atoms with Crippen molar-refractivity contribution in [3.63, 3.8) is 0 Å². The van der Waals surface area contributed by atoms with Gasteiger partial charge in [-0.2, -0.15) is 11.8 Å². The number of aliphatic hydroxyl groups is 1. The highest BCUT2D eigenvalue weighted by atomic mass is 32.2. The maximum Gasteiger partial charge on any atom is 0.243 e. The number of nitrogens with one attached hydrogen (secondary N) is 1. The second-order valence-electron chi connectivity index (χ2n) is 4.29. The van der Waals surface area contributed by atoms with Crippen LogP contribution < -0.4 is 4.72 Å². The monoisotopic (exact) mass is 331 g/mol. The Hall–Kier alpha value is -1.07. The van der Waals surface area contributed by atoms with Crippen molar-refractivity contribution in [2.45, 2.75) is 24.8 Å². The lowest BCUT2D eigenvalue weighted by Crippen LogP contribution is -2.34. The van der Waals surface area contributed by atoms with Gasteiger partial charge in [0.05, 0.1) is 0 Å². The van der Waals surface area contributed by atoms with Crippen molar-refractivity contribution in [2.75, 3.05) is 18.1 Å². The Kier molecular flexibility index (Phi) is 7.18. The van der Waals surface area contributed by atoms with E-state index in [0.717, 1.165) is 11.8 Å².